The van der Waals surface area contributed by atoms with E-state index in [2.05, 4.69) is 10.3 Å². The summed E-state index contributed by atoms with van der Waals surface area (Å²) in [6.45, 7) is 0. The van der Waals surface area contributed by atoms with E-state index in [0.29, 0.717) is 11.4 Å². The first kappa shape index (κ1) is 13.0. The van der Waals surface area contributed by atoms with Crippen LogP contribution in [0.5, 0.6) is 0 Å². The number of para-hydroxylation sites is 1. The van der Waals surface area contributed by atoms with Crippen LogP contribution in [0.3, 0.4) is 0 Å². The molecule has 0 aliphatic rings. The zero-order chi connectivity index (χ0) is 14.8. The molecule has 0 unspecified atom stereocenters. The minimum absolute atomic E-state index is 0.233. The molecule has 0 atom stereocenters. The first-order valence-corrected chi connectivity index (χ1v) is 6.17. The number of rotatable bonds is 3. The monoisotopic (exact) mass is 283 g/mol. The molecular formula is C15H10FN3O2. The molecule has 104 valence electrons. The molecule has 0 fully saturated rings. The quantitative estimate of drug-likeness (QED) is 0.802. The molecule has 21 heavy (non-hydrogen) atoms. The minimum atomic E-state index is -1.33. The van der Waals surface area contributed by atoms with Crippen LogP contribution in [0.25, 0.3) is 16.9 Å². The summed E-state index contributed by atoms with van der Waals surface area (Å²) in [5.74, 6) is -2.12. The number of carbonyl (C=O) groups is 1. The molecule has 3 rings (SSSR count). The van der Waals surface area contributed by atoms with Gasteiger partial charge in [0.25, 0.3) is 0 Å². The van der Waals surface area contributed by atoms with Gasteiger partial charge in [0.1, 0.15) is 11.4 Å². The van der Waals surface area contributed by atoms with Crippen molar-refractivity contribution in [2.24, 2.45) is 0 Å². The molecule has 2 aromatic carbocycles. The Morgan fingerprint density at radius 1 is 1.10 bits per heavy atom. The zero-order valence-electron chi connectivity index (χ0n) is 10.8. The van der Waals surface area contributed by atoms with E-state index in [0.717, 1.165) is 6.07 Å². The van der Waals surface area contributed by atoms with E-state index in [-0.39, 0.29) is 5.56 Å². The summed E-state index contributed by atoms with van der Waals surface area (Å²) in [6.07, 6.45) is 1.41. The Balaban J connectivity index is 2.22. The molecule has 0 aliphatic carbocycles. The van der Waals surface area contributed by atoms with Crippen molar-refractivity contribution in [1.82, 2.24) is 15.0 Å². The maximum atomic E-state index is 13.8. The highest BCUT2D eigenvalue weighted by Crippen LogP contribution is 2.26. The van der Waals surface area contributed by atoms with Gasteiger partial charge in [0.2, 0.25) is 0 Å². The van der Waals surface area contributed by atoms with E-state index in [4.69, 9.17) is 0 Å². The molecule has 0 aliphatic heterocycles. The third kappa shape index (κ3) is 2.27. The fourth-order valence-corrected chi connectivity index (χ4v) is 2.13. The fraction of sp³-hybridized carbons (Fsp3) is 0. The van der Waals surface area contributed by atoms with Gasteiger partial charge in [-0.1, -0.05) is 35.5 Å². The molecule has 1 heterocycles. The van der Waals surface area contributed by atoms with Crippen molar-refractivity contribution < 1.29 is 14.3 Å². The summed E-state index contributed by atoms with van der Waals surface area (Å²) in [7, 11) is 0. The van der Waals surface area contributed by atoms with E-state index in [1.807, 2.05) is 18.2 Å². The summed E-state index contributed by atoms with van der Waals surface area (Å²) in [6, 6.07) is 13.2. The van der Waals surface area contributed by atoms with Gasteiger partial charge in [-0.25, -0.2) is 13.9 Å². The summed E-state index contributed by atoms with van der Waals surface area (Å²) < 4.78 is 15.3. The number of benzene rings is 2. The Morgan fingerprint density at radius 2 is 1.86 bits per heavy atom. The summed E-state index contributed by atoms with van der Waals surface area (Å²) in [4.78, 5) is 11.3. The average molecular weight is 283 g/mol. The Kier molecular flexibility index (Phi) is 3.19. The lowest BCUT2D eigenvalue weighted by Gasteiger charge is -2.09. The number of aromatic nitrogens is 3. The summed E-state index contributed by atoms with van der Waals surface area (Å²) >= 11 is 0. The van der Waals surface area contributed by atoms with Crippen LogP contribution in [0.15, 0.2) is 54.7 Å². The van der Waals surface area contributed by atoms with Crippen molar-refractivity contribution in [3.8, 4) is 16.9 Å². The van der Waals surface area contributed by atoms with Crippen molar-refractivity contribution >= 4 is 5.97 Å². The van der Waals surface area contributed by atoms with Crippen molar-refractivity contribution in [3.63, 3.8) is 0 Å². The second kappa shape index (κ2) is 5.16. The molecule has 0 spiro atoms. The topological polar surface area (TPSA) is 68.0 Å². The average Bonchev–Trinajstić information content (AvgIpc) is 2.96. The highest BCUT2D eigenvalue weighted by molar-refractivity contribution is 5.95. The van der Waals surface area contributed by atoms with Crippen LogP contribution >= 0.6 is 0 Å². The van der Waals surface area contributed by atoms with Gasteiger partial charge in [-0.15, -0.1) is 5.10 Å². The fourth-order valence-electron chi connectivity index (χ4n) is 2.13. The van der Waals surface area contributed by atoms with E-state index in [1.165, 1.54) is 23.0 Å². The Morgan fingerprint density at radius 3 is 2.57 bits per heavy atom. The second-order valence-corrected chi connectivity index (χ2v) is 4.33. The maximum absolute atomic E-state index is 13.8. The molecule has 0 radical (unpaired) electrons. The van der Waals surface area contributed by atoms with Crippen molar-refractivity contribution in [1.29, 1.82) is 0 Å². The first-order chi connectivity index (χ1) is 10.2. The highest BCUT2D eigenvalue weighted by Gasteiger charge is 2.20. The normalized spacial score (nSPS) is 10.5. The number of carboxylic acid groups (broad SMARTS) is 1. The maximum Gasteiger partial charge on any atom is 0.339 e. The molecular weight excluding hydrogens is 273 g/mol. The van der Waals surface area contributed by atoms with Crippen LogP contribution in [-0.2, 0) is 0 Å². The van der Waals surface area contributed by atoms with Gasteiger partial charge in [-0.2, -0.15) is 0 Å². The lowest BCUT2D eigenvalue weighted by atomic mass is 10.0. The van der Waals surface area contributed by atoms with E-state index < -0.39 is 17.3 Å². The molecule has 0 saturated carbocycles. The number of hydrogen-bond donors (Lipinski definition) is 1. The van der Waals surface area contributed by atoms with Crippen LogP contribution in [-0.4, -0.2) is 26.1 Å². The number of carboxylic acids is 1. The highest BCUT2D eigenvalue weighted by atomic mass is 19.1. The predicted octanol–water partition coefficient (Wildman–Crippen LogP) is 2.77. The van der Waals surface area contributed by atoms with Crippen LogP contribution in [0.4, 0.5) is 4.39 Å². The molecule has 0 amide bonds. The lowest BCUT2D eigenvalue weighted by Crippen LogP contribution is -2.06. The molecule has 1 aromatic heterocycles. The van der Waals surface area contributed by atoms with Gasteiger partial charge in [-0.3, -0.25) is 0 Å². The number of nitrogens with zero attached hydrogens (tertiary/aromatic N) is 3. The SMILES string of the molecule is O=C(O)c1c(F)cccc1-c1cnnn1-c1ccccc1. The van der Waals surface area contributed by atoms with Crippen molar-refractivity contribution in [2.75, 3.05) is 0 Å². The second-order valence-electron chi connectivity index (χ2n) is 4.33. The van der Waals surface area contributed by atoms with Crippen molar-refractivity contribution in [3.05, 3.63) is 66.1 Å². The Bertz CT molecular complexity index is 800. The third-order valence-corrected chi connectivity index (χ3v) is 3.05. The van der Waals surface area contributed by atoms with Crippen LogP contribution in [0, 0.1) is 5.82 Å². The smallest absolute Gasteiger partial charge is 0.339 e. The van der Waals surface area contributed by atoms with Gasteiger partial charge in [0.05, 0.1) is 17.6 Å². The third-order valence-electron chi connectivity index (χ3n) is 3.05. The molecule has 1 N–H and O–H groups in total. The lowest BCUT2D eigenvalue weighted by molar-refractivity contribution is 0.0693. The summed E-state index contributed by atoms with van der Waals surface area (Å²) in [5, 5.41) is 17.0. The molecule has 5 nitrogen and oxygen atoms in total. The molecule has 6 heteroatoms. The van der Waals surface area contributed by atoms with E-state index >= 15 is 0 Å². The number of aromatic carboxylic acids is 1. The standard InChI is InChI=1S/C15H10FN3O2/c16-12-8-4-7-11(14(12)15(20)21)13-9-17-18-19(13)10-5-2-1-3-6-10/h1-9H,(H,20,21). The molecule has 0 bridgehead atoms. The number of halogens is 1. The zero-order valence-corrected chi connectivity index (χ0v) is 10.8. The van der Waals surface area contributed by atoms with Gasteiger partial charge in [0.15, 0.2) is 0 Å². The van der Waals surface area contributed by atoms with Gasteiger partial charge in [-0.05, 0) is 18.2 Å². The van der Waals surface area contributed by atoms with Crippen LogP contribution in [0.1, 0.15) is 10.4 Å². The summed E-state index contributed by atoms with van der Waals surface area (Å²) in [5.41, 5.74) is 0.969. The van der Waals surface area contributed by atoms with Crippen molar-refractivity contribution in [2.45, 2.75) is 0 Å². The molecule has 0 saturated heterocycles. The minimum Gasteiger partial charge on any atom is -0.478 e. The number of hydrogen-bond acceptors (Lipinski definition) is 3. The van der Waals surface area contributed by atoms with Gasteiger partial charge in [0, 0.05) is 5.56 Å². The largest absolute Gasteiger partial charge is 0.478 e. The Labute approximate surface area is 119 Å². The molecule has 3 aromatic rings. The Hall–Kier alpha value is -3.02. The van der Waals surface area contributed by atoms with Crippen LogP contribution in [0.2, 0.25) is 0 Å². The van der Waals surface area contributed by atoms with Gasteiger partial charge >= 0.3 is 5.97 Å². The van der Waals surface area contributed by atoms with Gasteiger partial charge < -0.3 is 5.11 Å². The van der Waals surface area contributed by atoms with Crippen LogP contribution < -0.4 is 0 Å². The van der Waals surface area contributed by atoms with E-state index in [1.54, 1.807) is 12.1 Å². The predicted molar refractivity (Wildman–Crippen MR) is 73.7 cm³/mol. The first-order valence-electron chi connectivity index (χ1n) is 6.17. The van der Waals surface area contributed by atoms with E-state index in [9.17, 15) is 14.3 Å².